The molecule has 0 saturated heterocycles. The van der Waals surface area contributed by atoms with Crippen molar-refractivity contribution in [3.8, 4) is 5.75 Å². The Morgan fingerprint density at radius 3 is 2.85 bits per heavy atom. The summed E-state index contributed by atoms with van der Waals surface area (Å²) in [7, 11) is 0. The number of aromatic nitrogens is 2. The average molecular weight is 381 g/mol. The minimum Gasteiger partial charge on any atom is -0.483 e. The third kappa shape index (κ3) is 4.61. The number of amides is 1. The zero-order chi connectivity index (χ0) is 19.4. The Bertz CT molecular complexity index is 815. The number of benzene rings is 1. The number of nitrogens with one attached hydrogen (secondary N) is 1. The summed E-state index contributed by atoms with van der Waals surface area (Å²) in [5, 5.41) is 2.70. The summed E-state index contributed by atoms with van der Waals surface area (Å²) < 4.78 is 46.0. The molecule has 0 unspecified atom stereocenters. The first-order valence-corrected chi connectivity index (χ1v) is 8.97. The number of rotatable bonds is 6. The van der Waals surface area contributed by atoms with Gasteiger partial charge in [0.1, 0.15) is 11.6 Å². The van der Waals surface area contributed by atoms with Crippen LogP contribution in [0.2, 0.25) is 0 Å². The fourth-order valence-electron chi connectivity index (χ4n) is 3.33. The Balaban J connectivity index is 1.51. The predicted molar refractivity (Wildman–Crippen MR) is 93.6 cm³/mol. The molecule has 2 aromatic rings. The van der Waals surface area contributed by atoms with Crippen LogP contribution < -0.4 is 10.1 Å². The summed E-state index contributed by atoms with van der Waals surface area (Å²) in [6.07, 6.45) is -0.660. The van der Waals surface area contributed by atoms with Gasteiger partial charge in [0.15, 0.2) is 6.61 Å². The van der Waals surface area contributed by atoms with Crippen molar-refractivity contribution in [2.24, 2.45) is 0 Å². The van der Waals surface area contributed by atoms with E-state index in [1.807, 2.05) is 6.92 Å². The molecule has 3 rings (SSSR count). The monoisotopic (exact) mass is 381 g/mol. The van der Waals surface area contributed by atoms with E-state index in [0.29, 0.717) is 13.0 Å². The van der Waals surface area contributed by atoms with Gasteiger partial charge in [0, 0.05) is 31.6 Å². The summed E-state index contributed by atoms with van der Waals surface area (Å²) in [6, 6.07) is 4.86. The lowest BCUT2D eigenvalue weighted by Gasteiger charge is -2.17. The highest BCUT2D eigenvalue weighted by Crippen LogP contribution is 2.35. The molecule has 0 radical (unpaired) electrons. The highest BCUT2D eigenvalue weighted by Gasteiger charge is 2.34. The molecule has 1 aromatic carbocycles. The van der Waals surface area contributed by atoms with Crippen LogP contribution in [0.5, 0.6) is 5.75 Å². The summed E-state index contributed by atoms with van der Waals surface area (Å²) in [5.74, 6) is 0.288. The number of ether oxygens (including phenoxy) is 1. The van der Waals surface area contributed by atoms with Gasteiger partial charge in [0.05, 0.1) is 11.3 Å². The van der Waals surface area contributed by atoms with Gasteiger partial charge >= 0.3 is 6.18 Å². The maximum Gasteiger partial charge on any atom is 0.419 e. The van der Waals surface area contributed by atoms with E-state index >= 15 is 0 Å². The lowest BCUT2D eigenvalue weighted by atomic mass is 10.1. The van der Waals surface area contributed by atoms with Crippen LogP contribution in [-0.2, 0) is 30.4 Å². The second-order valence-electron chi connectivity index (χ2n) is 6.55. The molecule has 5 nitrogen and oxygen atoms in total. The number of carbonyl (C=O) groups excluding carboxylic acids is 1. The summed E-state index contributed by atoms with van der Waals surface area (Å²) in [4.78, 5) is 16.5. The lowest BCUT2D eigenvalue weighted by Crippen LogP contribution is -2.31. The van der Waals surface area contributed by atoms with Crippen LogP contribution in [0.1, 0.15) is 35.6 Å². The van der Waals surface area contributed by atoms with Crippen LogP contribution in [0, 0.1) is 6.92 Å². The highest BCUT2D eigenvalue weighted by atomic mass is 19.4. The Labute approximate surface area is 155 Å². The number of aryl methyl sites for hydroxylation is 2. The Morgan fingerprint density at radius 1 is 1.30 bits per heavy atom. The Kier molecular flexibility index (Phi) is 5.72. The second kappa shape index (κ2) is 8.02. The molecule has 1 aromatic heterocycles. The number of fused-ring (bicyclic) bond motifs is 1. The molecule has 0 bridgehead atoms. The van der Waals surface area contributed by atoms with Gasteiger partial charge in [-0.2, -0.15) is 13.2 Å². The average Bonchev–Trinajstić information content (AvgIpc) is 2.95. The molecule has 1 amide bonds. The van der Waals surface area contributed by atoms with Crippen LogP contribution in [0.4, 0.5) is 13.2 Å². The zero-order valence-corrected chi connectivity index (χ0v) is 15.1. The summed E-state index contributed by atoms with van der Waals surface area (Å²) in [6.45, 7) is 2.82. The first-order valence-electron chi connectivity index (χ1n) is 8.97. The van der Waals surface area contributed by atoms with Gasteiger partial charge in [-0.15, -0.1) is 0 Å². The number of para-hydroxylation sites is 1. The first-order chi connectivity index (χ1) is 12.9. The van der Waals surface area contributed by atoms with Crippen molar-refractivity contribution >= 4 is 5.91 Å². The first kappa shape index (κ1) is 19.3. The van der Waals surface area contributed by atoms with Crippen molar-refractivity contribution in [3.63, 3.8) is 0 Å². The molecule has 27 heavy (non-hydrogen) atoms. The molecule has 0 spiro atoms. The Morgan fingerprint density at radius 2 is 2.07 bits per heavy atom. The number of halogens is 3. The van der Waals surface area contributed by atoms with Crippen LogP contribution in [0.25, 0.3) is 0 Å². The maximum atomic E-state index is 12.9. The molecule has 2 heterocycles. The minimum atomic E-state index is -4.52. The summed E-state index contributed by atoms with van der Waals surface area (Å²) in [5.41, 5.74) is 1.18. The molecule has 1 aliphatic heterocycles. The quantitative estimate of drug-likeness (QED) is 0.836. The highest BCUT2D eigenvalue weighted by molar-refractivity contribution is 5.77. The van der Waals surface area contributed by atoms with Crippen LogP contribution in [0.3, 0.4) is 0 Å². The SMILES string of the molecule is Cc1nc2n(c1CCNC(=O)COc1ccccc1C(F)(F)F)CCCC2. The zero-order valence-electron chi connectivity index (χ0n) is 15.1. The number of nitrogens with zero attached hydrogens (tertiary/aromatic N) is 2. The van der Waals surface area contributed by atoms with Crippen LogP contribution in [-0.4, -0.2) is 28.6 Å². The van der Waals surface area contributed by atoms with Crippen LogP contribution >= 0.6 is 0 Å². The van der Waals surface area contributed by atoms with Gasteiger partial charge in [0.25, 0.3) is 5.91 Å². The normalized spacial score (nSPS) is 13.9. The third-order valence-electron chi connectivity index (χ3n) is 4.62. The molecule has 1 aliphatic rings. The van der Waals surface area contributed by atoms with Crippen molar-refractivity contribution in [2.45, 2.75) is 45.3 Å². The van der Waals surface area contributed by atoms with Crippen molar-refractivity contribution < 1.29 is 22.7 Å². The van der Waals surface area contributed by atoms with E-state index in [0.717, 1.165) is 49.1 Å². The maximum absolute atomic E-state index is 12.9. The second-order valence-corrected chi connectivity index (χ2v) is 6.55. The fourth-order valence-corrected chi connectivity index (χ4v) is 3.33. The van der Waals surface area contributed by atoms with Crippen molar-refractivity contribution in [2.75, 3.05) is 13.2 Å². The molecular formula is C19H22F3N3O2. The van der Waals surface area contributed by atoms with E-state index in [-0.39, 0.29) is 5.75 Å². The smallest absolute Gasteiger partial charge is 0.419 e. The number of hydrogen-bond donors (Lipinski definition) is 1. The van der Waals surface area contributed by atoms with Gasteiger partial charge in [-0.1, -0.05) is 12.1 Å². The van der Waals surface area contributed by atoms with Gasteiger partial charge < -0.3 is 14.6 Å². The molecule has 8 heteroatoms. The molecule has 0 atom stereocenters. The Hall–Kier alpha value is -2.51. The number of imidazole rings is 1. The number of alkyl halides is 3. The van der Waals surface area contributed by atoms with Crippen molar-refractivity contribution in [3.05, 3.63) is 47.0 Å². The van der Waals surface area contributed by atoms with Gasteiger partial charge in [-0.05, 0) is 31.9 Å². The van der Waals surface area contributed by atoms with Gasteiger partial charge in [-0.25, -0.2) is 4.98 Å². The summed E-state index contributed by atoms with van der Waals surface area (Å²) >= 11 is 0. The van der Waals surface area contributed by atoms with Crippen molar-refractivity contribution in [1.82, 2.24) is 14.9 Å². The largest absolute Gasteiger partial charge is 0.483 e. The number of carbonyl (C=O) groups is 1. The molecule has 0 aliphatic carbocycles. The third-order valence-corrected chi connectivity index (χ3v) is 4.62. The molecule has 1 N–H and O–H groups in total. The number of hydrogen-bond acceptors (Lipinski definition) is 3. The van der Waals surface area contributed by atoms with E-state index in [2.05, 4.69) is 14.9 Å². The molecule has 0 fully saturated rings. The predicted octanol–water partition coefficient (Wildman–Crippen LogP) is 3.28. The van der Waals surface area contributed by atoms with Gasteiger partial charge in [-0.3, -0.25) is 4.79 Å². The topological polar surface area (TPSA) is 56.2 Å². The van der Waals surface area contributed by atoms with E-state index in [4.69, 9.17) is 4.74 Å². The standard InChI is InChI=1S/C19H22F3N3O2/c1-13-15(25-11-5-4-8-17(25)24-13)9-10-23-18(26)12-27-16-7-3-2-6-14(16)19(20,21)22/h2-3,6-7H,4-5,8-12H2,1H3,(H,23,26). The molecule has 0 saturated carbocycles. The van der Waals surface area contributed by atoms with E-state index in [1.54, 1.807) is 0 Å². The van der Waals surface area contributed by atoms with E-state index in [1.165, 1.54) is 18.2 Å². The van der Waals surface area contributed by atoms with Crippen molar-refractivity contribution in [1.29, 1.82) is 0 Å². The molecular weight excluding hydrogens is 359 g/mol. The van der Waals surface area contributed by atoms with E-state index in [9.17, 15) is 18.0 Å². The van der Waals surface area contributed by atoms with Crippen LogP contribution in [0.15, 0.2) is 24.3 Å². The minimum absolute atomic E-state index is 0.346. The molecule has 146 valence electrons. The fraction of sp³-hybridized carbons (Fsp3) is 0.474. The lowest BCUT2D eigenvalue weighted by molar-refractivity contribution is -0.139. The van der Waals surface area contributed by atoms with E-state index < -0.39 is 24.3 Å². The van der Waals surface area contributed by atoms with Gasteiger partial charge in [0.2, 0.25) is 0 Å².